The number of carbonyl (C=O) groups excluding carboxylic acids is 1. The van der Waals surface area contributed by atoms with Gasteiger partial charge in [-0.3, -0.25) is 4.79 Å². The van der Waals surface area contributed by atoms with Crippen molar-refractivity contribution in [3.63, 3.8) is 0 Å². The van der Waals surface area contributed by atoms with E-state index >= 15 is 0 Å². The molecule has 2 N–H and O–H groups in total. The van der Waals surface area contributed by atoms with Crippen molar-refractivity contribution in [2.45, 2.75) is 0 Å². The monoisotopic (exact) mass is 302 g/mol. The van der Waals surface area contributed by atoms with Crippen molar-refractivity contribution in [2.75, 3.05) is 46.3 Å². The van der Waals surface area contributed by atoms with Crippen LogP contribution in [0.5, 0.6) is 11.5 Å². The predicted molar refractivity (Wildman–Crippen MR) is 77.9 cm³/mol. The highest BCUT2D eigenvalue weighted by Gasteiger charge is 2.12. The number of methoxy groups -OCH3 is 3. The van der Waals surface area contributed by atoms with Crippen molar-refractivity contribution in [3.05, 3.63) is 17.2 Å². The van der Waals surface area contributed by atoms with Crippen LogP contribution in [0.4, 0.5) is 5.69 Å². The van der Waals surface area contributed by atoms with Gasteiger partial charge in [0.15, 0.2) is 0 Å². The van der Waals surface area contributed by atoms with Gasteiger partial charge in [-0.25, -0.2) is 0 Å². The summed E-state index contributed by atoms with van der Waals surface area (Å²) in [5, 5.41) is 6.07. The topological polar surface area (TPSA) is 68.8 Å². The van der Waals surface area contributed by atoms with Crippen molar-refractivity contribution < 1.29 is 19.0 Å². The molecule has 0 fully saturated rings. The molecule has 0 atom stereocenters. The molecule has 0 saturated heterocycles. The zero-order chi connectivity index (χ0) is 15.0. The van der Waals surface area contributed by atoms with Crippen molar-refractivity contribution in [1.82, 2.24) is 5.32 Å². The number of carbonyl (C=O) groups is 1. The van der Waals surface area contributed by atoms with Gasteiger partial charge < -0.3 is 24.8 Å². The minimum atomic E-state index is -0.194. The lowest BCUT2D eigenvalue weighted by molar-refractivity contribution is -0.115. The molecule has 0 saturated carbocycles. The van der Waals surface area contributed by atoms with E-state index in [0.29, 0.717) is 35.4 Å². The maximum atomic E-state index is 11.8. The average molecular weight is 303 g/mol. The molecule has 1 aromatic carbocycles. The Labute approximate surface area is 123 Å². The van der Waals surface area contributed by atoms with Crippen molar-refractivity contribution in [2.24, 2.45) is 0 Å². The first-order chi connectivity index (χ1) is 9.62. The van der Waals surface area contributed by atoms with Gasteiger partial charge in [0, 0.05) is 19.7 Å². The smallest absolute Gasteiger partial charge is 0.238 e. The Morgan fingerprint density at radius 1 is 1.20 bits per heavy atom. The fourth-order valence-electron chi connectivity index (χ4n) is 1.53. The van der Waals surface area contributed by atoms with Crippen LogP contribution >= 0.6 is 11.6 Å². The lowest BCUT2D eigenvalue weighted by atomic mass is 10.2. The van der Waals surface area contributed by atoms with Crippen LogP contribution in [-0.2, 0) is 9.53 Å². The number of anilines is 1. The second-order valence-corrected chi connectivity index (χ2v) is 4.31. The Morgan fingerprint density at radius 3 is 2.50 bits per heavy atom. The minimum Gasteiger partial charge on any atom is -0.495 e. The third kappa shape index (κ3) is 4.88. The molecular weight excluding hydrogens is 284 g/mol. The van der Waals surface area contributed by atoms with Gasteiger partial charge in [-0.2, -0.15) is 0 Å². The number of hydrogen-bond acceptors (Lipinski definition) is 5. The van der Waals surface area contributed by atoms with Crippen molar-refractivity contribution >= 4 is 23.2 Å². The van der Waals surface area contributed by atoms with Crippen molar-refractivity contribution in [3.8, 4) is 11.5 Å². The Balaban J connectivity index is 2.66. The zero-order valence-corrected chi connectivity index (χ0v) is 12.5. The quantitative estimate of drug-likeness (QED) is 0.713. The Hall–Kier alpha value is -1.50. The molecule has 0 heterocycles. The number of nitrogens with one attached hydrogen (secondary N) is 2. The lowest BCUT2D eigenvalue weighted by Gasteiger charge is -2.13. The summed E-state index contributed by atoms with van der Waals surface area (Å²) >= 11 is 6.02. The zero-order valence-electron chi connectivity index (χ0n) is 11.8. The minimum absolute atomic E-state index is 0.177. The summed E-state index contributed by atoms with van der Waals surface area (Å²) < 4.78 is 15.2. The first-order valence-corrected chi connectivity index (χ1v) is 6.41. The molecule has 6 nitrogen and oxygen atoms in total. The first kappa shape index (κ1) is 16.6. The van der Waals surface area contributed by atoms with Gasteiger partial charge >= 0.3 is 0 Å². The van der Waals surface area contributed by atoms with Crippen LogP contribution < -0.4 is 20.1 Å². The highest BCUT2D eigenvalue weighted by Crippen LogP contribution is 2.35. The largest absolute Gasteiger partial charge is 0.495 e. The summed E-state index contributed by atoms with van der Waals surface area (Å²) in [5.41, 5.74) is 0.497. The summed E-state index contributed by atoms with van der Waals surface area (Å²) in [4.78, 5) is 11.8. The summed E-state index contributed by atoms with van der Waals surface area (Å²) in [6, 6.07) is 3.21. The molecule has 0 aliphatic heterocycles. The highest BCUT2D eigenvalue weighted by atomic mass is 35.5. The van der Waals surface area contributed by atoms with Crippen LogP contribution in [0.2, 0.25) is 5.02 Å². The maximum Gasteiger partial charge on any atom is 0.238 e. The summed E-state index contributed by atoms with van der Waals surface area (Å²) in [7, 11) is 4.62. The number of halogens is 1. The van der Waals surface area contributed by atoms with Crippen LogP contribution in [0.25, 0.3) is 0 Å². The standard InChI is InChI=1S/C13H19ClN2O4/c1-18-5-4-15-8-13(17)16-10-6-9(14)11(19-2)7-12(10)20-3/h6-7,15H,4-5,8H2,1-3H3,(H,16,17). The molecule has 0 aliphatic carbocycles. The van der Waals surface area contributed by atoms with Gasteiger partial charge in [0.2, 0.25) is 5.91 Å². The summed E-state index contributed by atoms with van der Waals surface area (Å²) in [5.74, 6) is 0.775. The predicted octanol–water partition coefficient (Wildman–Crippen LogP) is 1.53. The molecule has 112 valence electrons. The first-order valence-electron chi connectivity index (χ1n) is 6.03. The number of amides is 1. The molecule has 0 bridgehead atoms. The number of benzene rings is 1. The van der Waals surface area contributed by atoms with Gasteiger partial charge in [-0.1, -0.05) is 11.6 Å². The third-order valence-electron chi connectivity index (χ3n) is 2.52. The van der Waals surface area contributed by atoms with E-state index in [1.54, 1.807) is 19.2 Å². The van der Waals surface area contributed by atoms with Crippen LogP contribution in [0.3, 0.4) is 0 Å². The number of rotatable bonds is 8. The molecule has 1 amide bonds. The van der Waals surface area contributed by atoms with Gasteiger partial charge in [0.05, 0.1) is 38.1 Å². The van der Waals surface area contributed by atoms with Crippen LogP contribution in [0.1, 0.15) is 0 Å². The molecule has 0 radical (unpaired) electrons. The normalized spacial score (nSPS) is 10.2. The molecule has 0 aliphatic rings. The van der Waals surface area contributed by atoms with Crippen molar-refractivity contribution in [1.29, 1.82) is 0 Å². The second-order valence-electron chi connectivity index (χ2n) is 3.90. The average Bonchev–Trinajstić information content (AvgIpc) is 2.44. The molecule has 1 rings (SSSR count). The fourth-order valence-corrected chi connectivity index (χ4v) is 1.77. The van der Waals surface area contributed by atoms with E-state index in [0.717, 1.165) is 0 Å². The van der Waals surface area contributed by atoms with Gasteiger partial charge in [0.1, 0.15) is 11.5 Å². The number of hydrogen-bond donors (Lipinski definition) is 2. The fraction of sp³-hybridized carbons (Fsp3) is 0.462. The van der Waals surface area contributed by atoms with E-state index in [2.05, 4.69) is 10.6 Å². The van der Waals surface area contributed by atoms with E-state index in [-0.39, 0.29) is 12.5 Å². The third-order valence-corrected chi connectivity index (χ3v) is 2.81. The van der Waals surface area contributed by atoms with E-state index in [1.165, 1.54) is 14.2 Å². The van der Waals surface area contributed by atoms with Gasteiger partial charge in [-0.15, -0.1) is 0 Å². The molecule has 1 aromatic rings. The summed E-state index contributed by atoms with van der Waals surface area (Å²) in [6.07, 6.45) is 0. The summed E-state index contributed by atoms with van der Waals surface area (Å²) in [6.45, 7) is 1.32. The molecular formula is C13H19ClN2O4. The SMILES string of the molecule is COCCNCC(=O)Nc1cc(Cl)c(OC)cc1OC. The number of ether oxygens (including phenoxy) is 3. The molecule has 0 spiro atoms. The molecule has 20 heavy (non-hydrogen) atoms. The lowest BCUT2D eigenvalue weighted by Crippen LogP contribution is -2.30. The van der Waals surface area contributed by atoms with Crippen LogP contribution in [0.15, 0.2) is 12.1 Å². The van der Waals surface area contributed by atoms with Gasteiger partial charge in [0.25, 0.3) is 0 Å². The van der Waals surface area contributed by atoms with Crippen LogP contribution in [0, 0.1) is 0 Å². The van der Waals surface area contributed by atoms with E-state index in [1.807, 2.05) is 0 Å². The molecule has 7 heteroatoms. The maximum absolute atomic E-state index is 11.8. The van der Waals surface area contributed by atoms with Gasteiger partial charge in [-0.05, 0) is 6.07 Å². The molecule has 0 aromatic heterocycles. The Kier molecular flexibility index (Phi) is 7.14. The Bertz CT molecular complexity index is 454. The second kappa shape index (κ2) is 8.63. The van der Waals surface area contributed by atoms with Crippen LogP contribution in [-0.4, -0.2) is 46.9 Å². The Morgan fingerprint density at radius 2 is 1.90 bits per heavy atom. The highest BCUT2D eigenvalue weighted by molar-refractivity contribution is 6.32. The molecule has 0 unspecified atom stereocenters. The van der Waals surface area contributed by atoms with E-state index in [4.69, 9.17) is 25.8 Å². The van der Waals surface area contributed by atoms with E-state index < -0.39 is 0 Å². The van der Waals surface area contributed by atoms with E-state index in [9.17, 15) is 4.79 Å².